The number of halogens is 1. The summed E-state index contributed by atoms with van der Waals surface area (Å²) < 4.78 is 16.4. The number of hydrogen-bond acceptors (Lipinski definition) is 6. The van der Waals surface area contributed by atoms with E-state index in [4.69, 9.17) is 25.8 Å². The number of likely N-dealkylation sites (tertiary alicyclic amines) is 1. The smallest absolute Gasteiger partial charge is 0.418 e. The zero-order valence-electron chi connectivity index (χ0n) is 16.5. The van der Waals surface area contributed by atoms with Gasteiger partial charge in [0.05, 0.1) is 0 Å². The first-order chi connectivity index (χ1) is 14.5. The van der Waals surface area contributed by atoms with Crippen molar-refractivity contribution in [2.45, 2.75) is 25.0 Å². The van der Waals surface area contributed by atoms with Crippen molar-refractivity contribution in [2.24, 2.45) is 0 Å². The van der Waals surface area contributed by atoms with Gasteiger partial charge in [-0.3, -0.25) is 0 Å². The van der Waals surface area contributed by atoms with Gasteiger partial charge in [-0.15, -0.1) is 0 Å². The summed E-state index contributed by atoms with van der Waals surface area (Å²) in [6, 6.07) is 13.0. The summed E-state index contributed by atoms with van der Waals surface area (Å²) in [6.07, 6.45) is -0.0439. The zero-order valence-corrected chi connectivity index (χ0v) is 17.3. The summed E-state index contributed by atoms with van der Waals surface area (Å²) in [6.45, 7) is 1.02. The lowest BCUT2D eigenvalue weighted by molar-refractivity contribution is -0.0434. The fourth-order valence-electron chi connectivity index (χ4n) is 3.83. The van der Waals surface area contributed by atoms with Crippen molar-refractivity contribution in [1.82, 2.24) is 9.88 Å². The zero-order chi connectivity index (χ0) is 21.1. The number of aromatic nitrogens is 1. The number of amides is 2. The Morgan fingerprint density at radius 3 is 2.63 bits per heavy atom. The van der Waals surface area contributed by atoms with Crippen molar-refractivity contribution in [3.8, 4) is 0 Å². The fraction of sp³-hybridized carbons (Fsp3) is 0.381. The normalized spacial score (nSPS) is 17.5. The van der Waals surface area contributed by atoms with Crippen LogP contribution in [0.5, 0.6) is 0 Å². The monoisotopic (exact) mass is 431 g/mol. The molecule has 0 atom stereocenters. The van der Waals surface area contributed by atoms with Crippen molar-refractivity contribution < 1.29 is 23.8 Å². The first-order valence-electron chi connectivity index (χ1n) is 9.64. The Labute approximate surface area is 179 Å². The first-order valence-corrected chi connectivity index (χ1v) is 10.0. The molecule has 2 amide bonds. The molecule has 8 nitrogen and oxygen atoms in total. The van der Waals surface area contributed by atoms with Crippen molar-refractivity contribution in [1.29, 1.82) is 0 Å². The minimum atomic E-state index is -0.857. The van der Waals surface area contributed by atoms with Gasteiger partial charge in [0.1, 0.15) is 29.9 Å². The molecule has 0 saturated carbocycles. The van der Waals surface area contributed by atoms with Gasteiger partial charge in [0.25, 0.3) is 0 Å². The van der Waals surface area contributed by atoms with E-state index >= 15 is 0 Å². The van der Waals surface area contributed by atoms with Crippen molar-refractivity contribution in [3.63, 3.8) is 0 Å². The van der Waals surface area contributed by atoms with Crippen LogP contribution in [0.4, 0.5) is 15.4 Å². The number of nitrogens with zero attached hydrogens (tertiary/aromatic N) is 3. The molecule has 4 rings (SSSR count). The molecule has 1 saturated heterocycles. The van der Waals surface area contributed by atoms with Crippen LogP contribution in [0.25, 0.3) is 0 Å². The van der Waals surface area contributed by atoms with E-state index < -0.39 is 11.7 Å². The highest BCUT2D eigenvalue weighted by Crippen LogP contribution is 2.45. The van der Waals surface area contributed by atoms with Crippen LogP contribution in [0.3, 0.4) is 0 Å². The van der Waals surface area contributed by atoms with Crippen LogP contribution >= 0.6 is 11.6 Å². The van der Waals surface area contributed by atoms with Crippen LogP contribution < -0.4 is 4.90 Å². The van der Waals surface area contributed by atoms with Crippen LogP contribution in [0, 0.1) is 0 Å². The quantitative estimate of drug-likeness (QED) is 0.682. The topological polar surface area (TPSA) is 81.2 Å². The maximum Gasteiger partial charge on any atom is 0.418 e. The second kappa shape index (κ2) is 8.49. The third kappa shape index (κ3) is 3.93. The highest BCUT2D eigenvalue weighted by molar-refractivity contribution is 6.29. The Hall–Kier alpha value is -2.84. The maximum atomic E-state index is 12.6. The van der Waals surface area contributed by atoms with E-state index in [1.807, 2.05) is 36.4 Å². The molecule has 1 spiro atoms. The number of carbonyl (C=O) groups is 2. The van der Waals surface area contributed by atoms with Crippen LogP contribution in [0.15, 0.2) is 42.5 Å². The predicted molar refractivity (Wildman–Crippen MR) is 109 cm³/mol. The van der Waals surface area contributed by atoms with Crippen molar-refractivity contribution in [3.05, 3.63) is 58.7 Å². The molecule has 0 radical (unpaired) electrons. The van der Waals surface area contributed by atoms with Crippen LogP contribution in [-0.2, 0) is 26.4 Å². The van der Waals surface area contributed by atoms with Crippen LogP contribution in [0.1, 0.15) is 24.0 Å². The number of anilines is 1. The van der Waals surface area contributed by atoms with E-state index in [9.17, 15) is 9.59 Å². The van der Waals surface area contributed by atoms with E-state index in [0.29, 0.717) is 31.7 Å². The number of ether oxygens (including phenoxy) is 3. The molecule has 30 heavy (non-hydrogen) atoms. The van der Waals surface area contributed by atoms with Gasteiger partial charge in [0.15, 0.2) is 0 Å². The standard InChI is InChI=1S/C21H22ClN3O5/c1-28-14-25-18-16(7-8-17(22)23-18)21(30-20(25)27)9-11-24(12-10-21)19(26)29-13-15-5-3-2-4-6-15/h2-8H,9-14H2,1H3. The molecule has 0 bridgehead atoms. The van der Waals surface area contributed by atoms with E-state index in [1.54, 1.807) is 11.0 Å². The number of benzene rings is 1. The van der Waals surface area contributed by atoms with E-state index in [0.717, 1.165) is 11.1 Å². The average molecular weight is 432 g/mol. The van der Waals surface area contributed by atoms with Gasteiger partial charge in [0, 0.05) is 38.6 Å². The minimum Gasteiger partial charge on any atom is -0.445 e. The Bertz CT molecular complexity index is 931. The van der Waals surface area contributed by atoms with Gasteiger partial charge in [0.2, 0.25) is 0 Å². The Morgan fingerprint density at radius 1 is 1.20 bits per heavy atom. The number of rotatable bonds is 4. The van der Waals surface area contributed by atoms with E-state index in [1.165, 1.54) is 12.0 Å². The predicted octanol–water partition coefficient (Wildman–Crippen LogP) is 3.92. The van der Waals surface area contributed by atoms with Crippen LogP contribution in [-0.4, -0.2) is 49.0 Å². The number of piperidine rings is 1. The molecule has 9 heteroatoms. The second-order valence-electron chi connectivity index (χ2n) is 7.24. The molecule has 1 aromatic carbocycles. The van der Waals surface area contributed by atoms with Crippen LogP contribution in [0.2, 0.25) is 5.15 Å². The lowest BCUT2D eigenvalue weighted by Crippen LogP contribution is -2.53. The van der Waals surface area contributed by atoms with Gasteiger partial charge >= 0.3 is 12.2 Å². The summed E-state index contributed by atoms with van der Waals surface area (Å²) >= 11 is 6.07. The van der Waals surface area contributed by atoms with Gasteiger partial charge in [-0.1, -0.05) is 41.9 Å². The van der Waals surface area contributed by atoms with Gasteiger partial charge in [-0.2, -0.15) is 0 Å². The lowest BCUT2D eigenvalue weighted by atomic mass is 9.83. The maximum absolute atomic E-state index is 12.6. The summed E-state index contributed by atoms with van der Waals surface area (Å²) in [5.74, 6) is 0.431. The van der Waals surface area contributed by atoms with E-state index in [2.05, 4.69) is 4.98 Å². The lowest BCUT2D eigenvalue weighted by Gasteiger charge is -2.45. The number of methoxy groups -OCH3 is 1. The minimum absolute atomic E-state index is 0.00714. The largest absolute Gasteiger partial charge is 0.445 e. The van der Waals surface area contributed by atoms with E-state index in [-0.39, 0.29) is 24.6 Å². The molecule has 3 heterocycles. The van der Waals surface area contributed by atoms with Gasteiger partial charge < -0.3 is 19.1 Å². The molecule has 0 aliphatic carbocycles. The highest BCUT2D eigenvalue weighted by Gasteiger charge is 2.48. The third-order valence-corrected chi connectivity index (χ3v) is 5.59. The molecule has 0 unspecified atom stereocenters. The SMILES string of the molecule is COCN1C(=O)OC2(CCN(C(=O)OCc3ccccc3)CC2)c2ccc(Cl)nc21. The molecular formula is C21H22ClN3O5. The molecule has 1 fully saturated rings. The summed E-state index contributed by atoms with van der Waals surface area (Å²) in [5, 5.41) is 0.279. The molecule has 158 valence electrons. The third-order valence-electron chi connectivity index (χ3n) is 5.38. The molecular weight excluding hydrogens is 410 g/mol. The summed E-state index contributed by atoms with van der Waals surface area (Å²) in [4.78, 5) is 32.4. The molecule has 2 aliphatic rings. The summed E-state index contributed by atoms with van der Waals surface area (Å²) in [7, 11) is 1.49. The highest BCUT2D eigenvalue weighted by atomic mass is 35.5. The second-order valence-corrected chi connectivity index (χ2v) is 7.63. The van der Waals surface area contributed by atoms with Crippen molar-refractivity contribution in [2.75, 3.05) is 31.8 Å². The van der Waals surface area contributed by atoms with Gasteiger partial charge in [-0.05, 0) is 17.7 Å². The first kappa shape index (κ1) is 20.4. The number of pyridine rings is 1. The van der Waals surface area contributed by atoms with Crippen molar-refractivity contribution >= 4 is 29.6 Å². The average Bonchev–Trinajstić information content (AvgIpc) is 2.76. The molecule has 1 aromatic heterocycles. The Morgan fingerprint density at radius 2 is 1.93 bits per heavy atom. The molecule has 2 aromatic rings. The fourth-order valence-corrected chi connectivity index (χ4v) is 3.97. The number of hydrogen-bond donors (Lipinski definition) is 0. The van der Waals surface area contributed by atoms with Gasteiger partial charge in [-0.25, -0.2) is 19.5 Å². The number of fused-ring (bicyclic) bond motifs is 2. The molecule has 0 N–H and O–H groups in total. The Kier molecular flexibility index (Phi) is 5.78. The Balaban J connectivity index is 1.47. The summed E-state index contributed by atoms with van der Waals surface area (Å²) in [5.41, 5.74) is 0.835. The molecule has 2 aliphatic heterocycles. The number of carbonyl (C=O) groups excluding carboxylic acids is 2.